The van der Waals surface area contributed by atoms with Crippen LogP contribution in [0.15, 0.2) is 24.3 Å². The van der Waals surface area contributed by atoms with Gasteiger partial charge in [-0.3, -0.25) is 4.79 Å². The lowest BCUT2D eigenvalue weighted by atomic mass is 10.1. The summed E-state index contributed by atoms with van der Waals surface area (Å²) in [5, 5.41) is 6.20. The predicted octanol–water partition coefficient (Wildman–Crippen LogP) is 1.25. The molecule has 1 aromatic carbocycles. The minimum Gasteiger partial charge on any atom is -0.497 e. The minimum absolute atomic E-state index is 0.0273. The summed E-state index contributed by atoms with van der Waals surface area (Å²) in [5.41, 5.74) is 1.04. The number of hydrogen-bond donors (Lipinski definition) is 2. The second-order valence-electron chi connectivity index (χ2n) is 5.01. The van der Waals surface area contributed by atoms with Crippen LogP contribution >= 0.6 is 0 Å². The van der Waals surface area contributed by atoms with Gasteiger partial charge in [0, 0.05) is 6.54 Å². The Hall–Kier alpha value is -1.59. The van der Waals surface area contributed by atoms with Gasteiger partial charge in [0.15, 0.2) is 0 Å². The van der Waals surface area contributed by atoms with Crippen molar-refractivity contribution in [2.24, 2.45) is 0 Å². The Balaban J connectivity index is 1.95. The second-order valence-corrected chi connectivity index (χ2v) is 5.01. The van der Waals surface area contributed by atoms with E-state index in [0.29, 0.717) is 13.2 Å². The van der Waals surface area contributed by atoms with Gasteiger partial charge >= 0.3 is 0 Å². The summed E-state index contributed by atoms with van der Waals surface area (Å²) in [6.07, 6.45) is -0.105. The maximum absolute atomic E-state index is 12.2. The van der Waals surface area contributed by atoms with Crippen LogP contribution in [0.4, 0.5) is 0 Å². The van der Waals surface area contributed by atoms with E-state index in [2.05, 4.69) is 10.6 Å². The number of benzene rings is 1. The molecule has 1 heterocycles. The number of ether oxygens (including phenoxy) is 2. The summed E-state index contributed by atoms with van der Waals surface area (Å²) in [4.78, 5) is 12.2. The lowest BCUT2D eigenvalue weighted by Crippen LogP contribution is -2.55. The van der Waals surface area contributed by atoms with Crippen LogP contribution in [0.2, 0.25) is 0 Å². The molecular weight excluding hydrogens is 256 g/mol. The molecule has 0 aromatic heterocycles. The number of amides is 1. The van der Waals surface area contributed by atoms with Gasteiger partial charge in [-0.2, -0.15) is 0 Å². The third-order valence-electron chi connectivity index (χ3n) is 3.57. The number of methoxy groups -OCH3 is 1. The molecule has 5 nitrogen and oxygen atoms in total. The van der Waals surface area contributed by atoms with Crippen molar-refractivity contribution in [1.82, 2.24) is 10.6 Å². The van der Waals surface area contributed by atoms with Gasteiger partial charge in [-0.1, -0.05) is 12.1 Å². The van der Waals surface area contributed by atoms with Crippen molar-refractivity contribution in [2.75, 3.05) is 20.3 Å². The Morgan fingerprint density at radius 3 is 2.75 bits per heavy atom. The van der Waals surface area contributed by atoms with Crippen molar-refractivity contribution in [3.05, 3.63) is 29.8 Å². The molecule has 0 aliphatic carbocycles. The monoisotopic (exact) mass is 278 g/mol. The maximum Gasteiger partial charge on any atom is 0.240 e. The molecule has 2 rings (SSSR count). The van der Waals surface area contributed by atoms with Crippen LogP contribution in [0.5, 0.6) is 5.75 Å². The van der Waals surface area contributed by atoms with Crippen molar-refractivity contribution in [3.63, 3.8) is 0 Å². The van der Waals surface area contributed by atoms with Crippen LogP contribution in [-0.2, 0) is 9.53 Å². The third kappa shape index (κ3) is 3.49. The lowest BCUT2D eigenvalue weighted by molar-refractivity contribution is -0.129. The van der Waals surface area contributed by atoms with E-state index in [0.717, 1.165) is 11.3 Å². The molecule has 1 aromatic rings. The molecule has 1 fully saturated rings. The topological polar surface area (TPSA) is 59.6 Å². The average molecular weight is 278 g/mol. The van der Waals surface area contributed by atoms with Crippen LogP contribution in [0.25, 0.3) is 0 Å². The first kappa shape index (κ1) is 14.8. The van der Waals surface area contributed by atoms with E-state index in [1.54, 1.807) is 7.11 Å². The van der Waals surface area contributed by atoms with Crippen LogP contribution in [0.3, 0.4) is 0 Å². The van der Waals surface area contributed by atoms with Crippen molar-refractivity contribution < 1.29 is 14.3 Å². The molecule has 20 heavy (non-hydrogen) atoms. The normalized spacial score (nSPS) is 23.9. The molecule has 2 N–H and O–H groups in total. The lowest BCUT2D eigenvalue weighted by Gasteiger charge is -2.30. The Morgan fingerprint density at radius 2 is 2.15 bits per heavy atom. The molecule has 0 bridgehead atoms. The highest BCUT2D eigenvalue weighted by atomic mass is 16.5. The average Bonchev–Trinajstić information content (AvgIpc) is 2.47. The second kappa shape index (κ2) is 6.72. The van der Waals surface area contributed by atoms with E-state index in [1.165, 1.54) is 0 Å². The zero-order chi connectivity index (χ0) is 14.5. The highest BCUT2D eigenvalue weighted by Gasteiger charge is 2.29. The number of nitrogens with one attached hydrogen (secondary N) is 2. The standard InChI is InChI=1S/C15H22N2O3/c1-10(12-4-6-13(19-3)7-5-12)17-15(18)14-11(2)20-9-8-16-14/h4-7,10-11,14,16H,8-9H2,1-3H3,(H,17,18)/t10?,11-,14+/m1/s1. The molecular formula is C15H22N2O3. The fraction of sp³-hybridized carbons (Fsp3) is 0.533. The van der Waals surface area contributed by atoms with Crippen LogP contribution in [0, 0.1) is 0 Å². The summed E-state index contributed by atoms with van der Waals surface area (Å²) in [5.74, 6) is 0.781. The van der Waals surface area contributed by atoms with E-state index in [9.17, 15) is 4.79 Å². The summed E-state index contributed by atoms with van der Waals surface area (Å²) in [6.45, 7) is 5.24. The third-order valence-corrected chi connectivity index (χ3v) is 3.57. The largest absolute Gasteiger partial charge is 0.497 e. The zero-order valence-corrected chi connectivity index (χ0v) is 12.2. The highest BCUT2D eigenvalue weighted by Crippen LogP contribution is 2.17. The van der Waals surface area contributed by atoms with Crippen LogP contribution in [0.1, 0.15) is 25.5 Å². The maximum atomic E-state index is 12.2. The van der Waals surface area contributed by atoms with Crippen molar-refractivity contribution in [1.29, 1.82) is 0 Å². The quantitative estimate of drug-likeness (QED) is 0.870. The molecule has 1 unspecified atom stereocenters. The van der Waals surface area contributed by atoms with Crippen LogP contribution < -0.4 is 15.4 Å². The highest BCUT2D eigenvalue weighted by molar-refractivity contribution is 5.82. The van der Waals surface area contributed by atoms with E-state index < -0.39 is 0 Å². The van der Waals surface area contributed by atoms with Gasteiger partial charge in [0.05, 0.1) is 25.9 Å². The van der Waals surface area contributed by atoms with Gasteiger partial charge in [0.2, 0.25) is 5.91 Å². The zero-order valence-electron chi connectivity index (χ0n) is 12.2. The van der Waals surface area contributed by atoms with Crippen molar-refractivity contribution in [3.8, 4) is 5.75 Å². The number of hydrogen-bond acceptors (Lipinski definition) is 4. The first-order valence-corrected chi connectivity index (χ1v) is 6.91. The Bertz CT molecular complexity index is 447. The summed E-state index contributed by atoms with van der Waals surface area (Å²) in [7, 11) is 1.64. The molecule has 0 radical (unpaired) electrons. The number of carbonyl (C=O) groups excluding carboxylic acids is 1. The first-order valence-electron chi connectivity index (χ1n) is 6.91. The van der Waals surface area contributed by atoms with Gasteiger partial charge in [-0.15, -0.1) is 0 Å². The smallest absolute Gasteiger partial charge is 0.240 e. The number of morpholine rings is 1. The van der Waals surface area contributed by atoms with Crippen molar-refractivity contribution >= 4 is 5.91 Å². The molecule has 5 heteroatoms. The van der Waals surface area contributed by atoms with E-state index in [-0.39, 0.29) is 24.1 Å². The Labute approximate surface area is 119 Å². The molecule has 1 saturated heterocycles. The SMILES string of the molecule is COc1ccc(C(C)NC(=O)[C@H]2NCCO[C@@H]2C)cc1. The molecule has 0 spiro atoms. The van der Waals surface area contributed by atoms with Crippen molar-refractivity contribution in [2.45, 2.75) is 32.0 Å². The Morgan fingerprint density at radius 1 is 1.45 bits per heavy atom. The van der Waals surface area contributed by atoms with Gasteiger partial charge in [0.25, 0.3) is 0 Å². The summed E-state index contributed by atoms with van der Waals surface area (Å²) >= 11 is 0. The van der Waals surface area contributed by atoms with E-state index in [4.69, 9.17) is 9.47 Å². The number of rotatable bonds is 4. The molecule has 1 amide bonds. The predicted molar refractivity (Wildman–Crippen MR) is 76.8 cm³/mol. The first-order chi connectivity index (χ1) is 9.61. The molecule has 0 saturated carbocycles. The van der Waals surface area contributed by atoms with Crippen LogP contribution in [-0.4, -0.2) is 38.3 Å². The summed E-state index contributed by atoms with van der Waals surface area (Å²) in [6, 6.07) is 7.36. The van der Waals surface area contributed by atoms with E-state index in [1.807, 2.05) is 38.1 Å². The minimum atomic E-state index is -0.288. The fourth-order valence-electron chi connectivity index (χ4n) is 2.31. The Kier molecular flexibility index (Phi) is 4.98. The van der Waals surface area contributed by atoms with E-state index >= 15 is 0 Å². The van der Waals surface area contributed by atoms with Gasteiger partial charge in [-0.05, 0) is 31.5 Å². The molecule has 3 atom stereocenters. The summed E-state index contributed by atoms with van der Waals surface area (Å²) < 4.78 is 10.6. The number of carbonyl (C=O) groups is 1. The molecule has 110 valence electrons. The van der Waals surface area contributed by atoms with Gasteiger partial charge in [0.1, 0.15) is 11.8 Å². The fourth-order valence-corrected chi connectivity index (χ4v) is 2.31. The van der Waals surface area contributed by atoms with Gasteiger partial charge < -0.3 is 20.1 Å². The van der Waals surface area contributed by atoms with Gasteiger partial charge in [-0.25, -0.2) is 0 Å². The molecule has 1 aliphatic heterocycles. The molecule has 1 aliphatic rings.